The van der Waals surface area contributed by atoms with Crippen molar-refractivity contribution in [2.24, 2.45) is 5.92 Å². The number of hydrogen-bond donors (Lipinski definition) is 1. The van der Waals surface area contributed by atoms with Crippen LogP contribution >= 0.6 is 0 Å². The van der Waals surface area contributed by atoms with Crippen LogP contribution in [0.15, 0.2) is 69.9 Å². The third-order valence-electron chi connectivity index (χ3n) is 8.59. The van der Waals surface area contributed by atoms with E-state index in [4.69, 9.17) is 9.15 Å². The molecule has 2 aliphatic rings. The molecule has 1 aromatic heterocycles. The van der Waals surface area contributed by atoms with Gasteiger partial charge in [-0.3, -0.25) is 4.79 Å². The smallest absolute Gasteiger partial charge is 0.340 e. The minimum Gasteiger partial charge on any atom is -0.489 e. The maximum atomic E-state index is 13.2. The van der Waals surface area contributed by atoms with E-state index < -0.39 is 11.2 Å². The van der Waals surface area contributed by atoms with Gasteiger partial charge in [0.2, 0.25) is 5.91 Å². The predicted molar refractivity (Wildman–Crippen MR) is 147 cm³/mol. The van der Waals surface area contributed by atoms with E-state index in [0.29, 0.717) is 43.0 Å². The molecule has 0 bridgehead atoms. The minimum atomic E-state index is -0.638. The van der Waals surface area contributed by atoms with Crippen molar-refractivity contribution in [1.82, 2.24) is 4.90 Å². The number of ether oxygens (including phenoxy) is 1. The molecule has 0 spiro atoms. The third-order valence-corrected chi connectivity index (χ3v) is 8.59. The molecule has 0 unspecified atom stereocenters. The number of rotatable bonds is 5. The molecule has 6 rings (SSSR count). The number of likely N-dealkylation sites (tertiary alicyclic amines) is 1. The molecule has 1 N–H and O–H groups in total. The van der Waals surface area contributed by atoms with Crippen LogP contribution in [-0.4, -0.2) is 34.6 Å². The molecule has 6 heteroatoms. The molecule has 0 radical (unpaired) electrons. The number of aryl methyl sites for hydroxylation is 1. The summed E-state index contributed by atoms with van der Waals surface area (Å²) in [5.41, 5.74) is 1.54. The zero-order chi connectivity index (χ0) is 26.3. The molecule has 1 amide bonds. The Bertz CT molecular complexity index is 1570. The topological polar surface area (TPSA) is 80.0 Å². The monoisotopic (exact) mass is 511 g/mol. The van der Waals surface area contributed by atoms with E-state index >= 15 is 0 Å². The highest BCUT2D eigenvalue weighted by Crippen LogP contribution is 2.40. The van der Waals surface area contributed by atoms with Crippen LogP contribution < -0.4 is 10.4 Å². The predicted octanol–water partition coefficient (Wildman–Crippen LogP) is 5.53. The van der Waals surface area contributed by atoms with Crippen LogP contribution in [-0.2, 0) is 17.8 Å². The molecule has 1 saturated heterocycles. The van der Waals surface area contributed by atoms with Gasteiger partial charge < -0.3 is 19.2 Å². The lowest BCUT2D eigenvalue weighted by Gasteiger charge is -2.47. The first-order valence-corrected chi connectivity index (χ1v) is 13.6. The highest BCUT2D eigenvalue weighted by atomic mass is 16.5. The van der Waals surface area contributed by atoms with E-state index in [1.54, 1.807) is 6.07 Å². The highest BCUT2D eigenvalue weighted by molar-refractivity contribution is 5.85. The van der Waals surface area contributed by atoms with Gasteiger partial charge in [0.1, 0.15) is 17.9 Å². The van der Waals surface area contributed by atoms with E-state index in [9.17, 15) is 14.7 Å². The second-order valence-corrected chi connectivity index (χ2v) is 10.9. The molecule has 2 atom stereocenters. The molecular formula is C32H33NO5. The number of carbonyl (C=O) groups excluding carboxylic acids is 1. The van der Waals surface area contributed by atoms with E-state index in [1.807, 2.05) is 42.2 Å². The van der Waals surface area contributed by atoms with Crippen molar-refractivity contribution in [2.45, 2.75) is 57.7 Å². The van der Waals surface area contributed by atoms with Gasteiger partial charge in [0.05, 0.1) is 17.6 Å². The average Bonchev–Trinajstić information content (AvgIpc) is 2.93. The second-order valence-electron chi connectivity index (χ2n) is 10.9. The summed E-state index contributed by atoms with van der Waals surface area (Å²) < 4.78 is 11.7. The number of carbonyl (C=O) groups is 1. The second kappa shape index (κ2) is 9.91. The van der Waals surface area contributed by atoms with Gasteiger partial charge in [-0.25, -0.2) is 4.79 Å². The maximum Gasteiger partial charge on any atom is 0.340 e. The molecule has 4 aromatic rings. The van der Waals surface area contributed by atoms with Crippen molar-refractivity contribution in [1.29, 1.82) is 0 Å². The molecule has 6 nitrogen and oxygen atoms in total. The van der Waals surface area contributed by atoms with Gasteiger partial charge in [0.25, 0.3) is 0 Å². The van der Waals surface area contributed by atoms with E-state index in [-0.39, 0.29) is 18.2 Å². The van der Waals surface area contributed by atoms with Crippen LogP contribution in [0.2, 0.25) is 0 Å². The van der Waals surface area contributed by atoms with Crippen LogP contribution in [0.3, 0.4) is 0 Å². The first kappa shape index (κ1) is 24.7. The first-order chi connectivity index (χ1) is 18.4. The minimum absolute atomic E-state index is 0.00940. The fraction of sp³-hybridized carbons (Fsp3) is 0.375. The number of benzene rings is 3. The summed E-state index contributed by atoms with van der Waals surface area (Å²) in [6.07, 6.45) is 4.53. The van der Waals surface area contributed by atoms with Crippen molar-refractivity contribution < 1.29 is 19.1 Å². The lowest BCUT2D eigenvalue weighted by Crippen LogP contribution is -2.55. The summed E-state index contributed by atoms with van der Waals surface area (Å²) in [6, 6.07) is 19.9. The van der Waals surface area contributed by atoms with E-state index in [0.717, 1.165) is 47.6 Å². The Morgan fingerprint density at radius 2 is 1.92 bits per heavy atom. The van der Waals surface area contributed by atoms with Crippen LogP contribution in [0.25, 0.3) is 21.7 Å². The molecule has 1 saturated carbocycles. The largest absolute Gasteiger partial charge is 0.489 e. The van der Waals surface area contributed by atoms with Gasteiger partial charge in [0.15, 0.2) is 0 Å². The Hall–Kier alpha value is -3.64. The summed E-state index contributed by atoms with van der Waals surface area (Å²) >= 11 is 0. The van der Waals surface area contributed by atoms with Crippen molar-refractivity contribution >= 4 is 27.6 Å². The lowest BCUT2D eigenvalue weighted by molar-refractivity contribution is -0.142. The van der Waals surface area contributed by atoms with Gasteiger partial charge in [-0.1, -0.05) is 49.2 Å². The molecule has 38 heavy (non-hydrogen) atoms. The summed E-state index contributed by atoms with van der Waals surface area (Å²) in [5.74, 6) is 0.657. The number of piperidine rings is 1. The van der Waals surface area contributed by atoms with E-state index in [1.165, 1.54) is 5.39 Å². The van der Waals surface area contributed by atoms with Gasteiger partial charge >= 0.3 is 5.63 Å². The Morgan fingerprint density at radius 1 is 1.08 bits per heavy atom. The number of nitrogens with zero attached hydrogens (tertiary/aromatic N) is 1. The zero-order valence-electron chi connectivity index (χ0n) is 21.7. The quantitative estimate of drug-likeness (QED) is 0.357. The Balaban J connectivity index is 1.17. The first-order valence-electron chi connectivity index (χ1n) is 13.6. The molecule has 2 fully saturated rings. The molecule has 2 heterocycles. The number of amides is 1. The van der Waals surface area contributed by atoms with Crippen molar-refractivity contribution in [2.75, 3.05) is 13.1 Å². The van der Waals surface area contributed by atoms with Crippen LogP contribution in [0.5, 0.6) is 5.75 Å². The molecule has 1 aliphatic heterocycles. The fourth-order valence-electron chi connectivity index (χ4n) is 6.22. The molecule has 3 aromatic carbocycles. The molecule has 196 valence electrons. The molecule has 1 aliphatic carbocycles. The van der Waals surface area contributed by atoms with Crippen molar-refractivity contribution in [3.63, 3.8) is 0 Å². The SMILES string of the molecule is Cc1c(CC(=O)N2CC[C@@]3(O)CCCC[C@H]3C2)c(=O)oc2cc(OCc3ccc4ccccc4c3)ccc12. The van der Waals surface area contributed by atoms with Gasteiger partial charge in [-0.2, -0.15) is 0 Å². The lowest BCUT2D eigenvalue weighted by atomic mass is 9.71. The van der Waals surface area contributed by atoms with Crippen LogP contribution in [0.4, 0.5) is 0 Å². The third kappa shape index (κ3) is 4.69. The Kier molecular flexibility index (Phi) is 6.44. The fourth-order valence-corrected chi connectivity index (χ4v) is 6.22. The Labute approximate surface area is 221 Å². The number of aliphatic hydroxyl groups is 1. The van der Waals surface area contributed by atoms with Crippen LogP contribution in [0, 0.1) is 12.8 Å². The Morgan fingerprint density at radius 3 is 2.79 bits per heavy atom. The summed E-state index contributed by atoms with van der Waals surface area (Å²) in [7, 11) is 0. The summed E-state index contributed by atoms with van der Waals surface area (Å²) in [6.45, 7) is 3.36. The zero-order valence-corrected chi connectivity index (χ0v) is 21.7. The molecular weight excluding hydrogens is 478 g/mol. The number of hydrogen-bond acceptors (Lipinski definition) is 5. The maximum absolute atomic E-state index is 13.2. The van der Waals surface area contributed by atoms with Crippen molar-refractivity contribution in [3.05, 3.63) is 87.8 Å². The van der Waals surface area contributed by atoms with E-state index in [2.05, 4.69) is 24.3 Å². The highest BCUT2D eigenvalue weighted by Gasteiger charge is 2.43. The summed E-state index contributed by atoms with van der Waals surface area (Å²) in [5, 5.41) is 14.1. The normalized spacial score (nSPS) is 21.4. The van der Waals surface area contributed by atoms with Gasteiger partial charge in [-0.15, -0.1) is 0 Å². The standard InChI is InChI=1S/C32H33NO5/c1-21-27-12-11-26(37-20-22-9-10-23-6-2-3-7-24(23)16-22)17-29(27)38-31(35)28(21)18-30(34)33-15-14-32(36)13-5-4-8-25(32)19-33/h2-3,6-7,9-12,16-17,25,36H,4-5,8,13-15,18-20H2,1H3/t25-,32-/m0/s1. The van der Waals surface area contributed by atoms with Crippen LogP contribution in [0.1, 0.15) is 48.8 Å². The average molecular weight is 512 g/mol. The summed E-state index contributed by atoms with van der Waals surface area (Å²) in [4.78, 5) is 28.0. The van der Waals surface area contributed by atoms with Gasteiger partial charge in [-0.05, 0) is 66.3 Å². The number of fused-ring (bicyclic) bond motifs is 3. The van der Waals surface area contributed by atoms with Crippen molar-refractivity contribution in [3.8, 4) is 5.75 Å². The van der Waals surface area contributed by atoms with Gasteiger partial charge in [0, 0.05) is 30.5 Å².